The normalized spacial score (nSPS) is 17.5. The molecule has 6 nitrogen and oxygen atoms in total. The minimum atomic E-state index is 0.389. The summed E-state index contributed by atoms with van der Waals surface area (Å²) in [4.78, 5) is 4.39. The number of methoxy groups -OCH3 is 1. The van der Waals surface area contributed by atoms with E-state index in [1.54, 1.807) is 7.11 Å². The number of aromatic nitrogens is 2. The monoisotopic (exact) mass is 241 g/mol. The van der Waals surface area contributed by atoms with Gasteiger partial charge in [-0.15, -0.1) is 0 Å². The van der Waals surface area contributed by atoms with E-state index in [0.717, 1.165) is 38.4 Å². The quantitative estimate of drug-likeness (QED) is 0.739. The van der Waals surface area contributed by atoms with Crippen LogP contribution in [0.25, 0.3) is 0 Å². The standard InChI is InChI=1S/C11H19N3O3/c1-15-7-4-12-8-10-13-11(14-17-10)9-2-5-16-6-3-9/h9,12H,2-8H2,1H3. The molecule has 0 bridgehead atoms. The van der Waals surface area contributed by atoms with Crippen LogP contribution in [-0.2, 0) is 16.0 Å². The van der Waals surface area contributed by atoms with Crippen molar-refractivity contribution in [2.24, 2.45) is 0 Å². The van der Waals surface area contributed by atoms with Gasteiger partial charge in [-0.3, -0.25) is 0 Å². The molecule has 1 fully saturated rings. The van der Waals surface area contributed by atoms with Crippen LogP contribution < -0.4 is 5.32 Å². The van der Waals surface area contributed by atoms with Crippen molar-refractivity contribution in [3.8, 4) is 0 Å². The summed E-state index contributed by atoms with van der Waals surface area (Å²) in [5.41, 5.74) is 0. The van der Waals surface area contributed by atoms with Crippen LogP contribution in [0.5, 0.6) is 0 Å². The van der Waals surface area contributed by atoms with Crippen molar-refractivity contribution in [2.75, 3.05) is 33.5 Å². The minimum absolute atomic E-state index is 0.389. The molecule has 1 aliphatic heterocycles. The second-order valence-corrected chi connectivity index (χ2v) is 4.10. The number of rotatable bonds is 6. The number of nitrogens with one attached hydrogen (secondary N) is 1. The van der Waals surface area contributed by atoms with Gasteiger partial charge >= 0.3 is 0 Å². The highest BCUT2D eigenvalue weighted by Gasteiger charge is 2.21. The molecule has 2 rings (SSSR count). The van der Waals surface area contributed by atoms with Crippen LogP contribution in [-0.4, -0.2) is 43.6 Å². The third-order valence-electron chi connectivity index (χ3n) is 2.83. The molecule has 0 amide bonds. The Morgan fingerprint density at radius 2 is 2.24 bits per heavy atom. The summed E-state index contributed by atoms with van der Waals surface area (Å²) in [5.74, 6) is 1.85. The molecule has 1 saturated heterocycles. The third-order valence-corrected chi connectivity index (χ3v) is 2.83. The van der Waals surface area contributed by atoms with E-state index in [9.17, 15) is 0 Å². The van der Waals surface area contributed by atoms with E-state index in [-0.39, 0.29) is 0 Å². The van der Waals surface area contributed by atoms with Gasteiger partial charge in [-0.2, -0.15) is 4.98 Å². The van der Waals surface area contributed by atoms with Crippen LogP contribution in [0.2, 0.25) is 0 Å². The zero-order valence-electron chi connectivity index (χ0n) is 10.1. The number of ether oxygens (including phenoxy) is 2. The highest BCUT2D eigenvalue weighted by Crippen LogP contribution is 2.24. The average molecular weight is 241 g/mol. The molecule has 6 heteroatoms. The molecule has 0 unspecified atom stereocenters. The maximum Gasteiger partial charge on any atom is 0.240 e. The lowest BCUT2D eigenvalue weighted by Gasteiger charge is -2.18. The lowest BCUT2D eigenvalue weighted by atomic mass is 10.00. The summed E-state index contributed by atoms with van der Waals surface area (Å²) in [6, 6.07) is 0. The Labute approximate surface area is 101 Å². The van der Waals surface area contributed by atoms with Crippen molar-refractivity contribution in [1.29, 1.82) is 0 Å². The highest BCUT2D eigenvalue weighted by molar-refractivity contribution is 4.96. The minimum Gasteiger partial charge on any atom is -0.383 e. The van der Waals surface area contributed by atoms with E-state index >= 15 is 0 Å². The summed E-state index contributed by atoms with van der Waals surface area (Å²) in [6.45, 7) is 3.65. The van der Waals surface area contributed by atoms with E-state index in [1.165, 1.54) is 0 Å². The Kier molecular flexibility index (Phi) is 4.90. The Morgan fingerprint density at radius 1 is 1.41 bits per heavy atom. The van der Waals surface area contributed by atoms with E-state index in [2.05, 4.69) is 15.5 Å². The van der Waals surface area contributed by atoms with Crippen molar-refractivity contribution < 1.29 is 14.0 Å². The van der Waals surface area contributed by atoms with Crippen molar-refractivity contribution in [1.82, 2.24) is 15.5 Å². The predicted octanol–water partition coefficient (Wildman–Crippen LogP) is 0.700. The second kappa shape index (κ2) is 6.68. The van der Waals surface area contributed by atoms with Crippen molar-refractivity contribution in [3.63, 3.8) is 0 Å². The molecule has 0 aliphatic carbocycles. The van der Waals surface area contributed by atoms with Gasteiger partial charge in [0.1, 0.15) is 0 Å². The van der Waals surface area contributed by atoms with Crippen molar-refractivity contribution in [3.05, 3.63) is 11.7 Å². The number of hydrogen-bond acceptors (Lipinski definition) is 6. The van der Waals surface area contributed by atoms with Gasteiger partial charge in [0, 0.05) is 32.8 Å². The van der Waals surface area contributed by atoms with Crippen LogP contribution in [0.4, 0.5) is 0 Å². The Morgan fingerprint density at radius 3 is 3.00 bits per heavy atom. The topological polar surface area (TPSA) is 69.4 Å². The molecule has 0 radical (unpaired) electrons. The number of nitrogens with zero attached hydrogens (tertiary/aromatic N) is 2. The summed E-state index contributed by atoms with van der Waals surface area (Å²) in [5, 5.41) is 7.20. The van der Waals surface area contributed by atoms with E-state index in [1.807, 2.05) is 0 Å². The molecule has 0 spiro atoms. The fraction of sp³-hybridized carbons (Fsp3) is 0.818. The average Bonchev–Trinajstić information content (AvgIpc) is 2.85. The summed E-state index contributed by atoms with van der Waals surface area (Å²) < 4.78 is 15.4. The van der Waals surface area contributed by atoms with Gasteiger partial charge in [0.25, 0.3) is 0 Å². The summed E-state index contributed by atoms with van der Waals surface area (Å²) >= 11 is 0. The maximum absolute atomic E-state index is 5.31. The predicted molar refractivity (Wildman–Crippen MR) is 60.7 cm³/mol. The van der Waals surface area contributed by atoms with Gasteiger partial charge in [-0.25, -0.2) is 0 Å². The molecule has 17 heavy (non-hydrogen) atoms. The molecule has 1 aliphatic rings. The van der Waals surface area contributed by atoms with Gasteiger partial charge in [-0.05, 0) is 12.8 Å². The lowest BCUT2D eigenvalue weighted by Crippen LogP contribution is -2.19. The maximum atomic E-state index is 5.31. The van der Waals surface area contributed by atoms with E-state index in [0.29, 0.717) is 25.0 Å². The highest BCUT2D eigenvalue weighted by atomic mass is 16.5. The van der Waals surface area contributed by atoms with Crippen LogP contribution in [0.3, 0.4) is 0 Å². The molecule has 0 atom stereocenters. The Bertz CT molecular complexity index is 324. The summed E-state index contributed by atoms with van der Waals surface area (Å²) in [7, 11) is 1.68. The molecule has 1 aromatic rings. The molecule has 0 saturated carbocycles. The van der Waals surface area contributed by atoms with Crippen LogP contribution in [0, 0.1) is 0 Å². The van der Waals surface area contributed by atoms with Crippen LogP contribution in [0.15, 0.2) is 4.52 Å². The molecule has 1 aromatic heterocycles. The van der Waals surface area contributed by atoms with Crippen molar-refractivity contribution in [2.45, 2.75) is 25.3 Å². The Balaban J connectivity index is 1.78. The first kappa shape index (κ1) is 12.5. The van der Waals surface area contributed by atoms with Gasteiger partial charge in [-0.1, -0.05) is 5.16 Å². The molecular formula is C11H19N3O3. The third kappa shape index (κ3) is 3.76. The largest absolute Gasteiger partial charge is 0.383 e. The second-order valence-electron chi connectivity index (χ2n) is 4.10. The first-order valence-electron chi connectivity index (χ1n) is 6.00. The van der Waals surface area contributed by atoms with E-state index in [4.69, 9.17) is 14.0 Å². The molecule has 96 valence electrons. The zero-order chi connectivity index (χ0) is 11.9. The van der Waals surface area contributed by atoms with Gasteiger partial charge in [0.05, 0.1) is 13.2 Å². The SMILES string of the molecule is COCCNCc1nc(C2CCOCC2)no1. The molecular weight excluding hydrogens is 222 g/mol. The van der Waals surface area contributed by atoms with Crippen LogP contribution in [0.1, 0.15) is 30.5 Å². The van der Waals surface area contributed by atoms with Gasteiger partial charge in [0.2, 0.25) is 5.89 Å². The lowest BCUT2D eigenvalue weighted by molar-refractivity contribution is 0.0830. The zero-order valence-corrected chi connectivity index (χ0v) is 10.1. The fourth-order valence-corrected chi connectivity index (χ4v) is 1.83. The van der Waals surface area contributed by atoms with Crippen molar-refractivity contribution >= 4 is 0 Å². The first-order valence-corrected chi connectivity index (χ1v) is 6.00. The van der Waals surface area contributed by atoms with Gasteiger partial charge in [0.15, 0.2) is 5.82 Å². The molecule has 1 N–H and O–H groups in total. The Hall–Kier alpha value is -0.980. The van der Waals surface area contributed by atoms with Gasteiger partial charge < -0.3 is 19.3 Å². The van der Waals surface area contributed by atoms with Crippen LogP contribution >= 0.6 is 0 Å². The smallest absolute Gasteiger partial charge is 0.240 e. The first-order chi connectivity index (χ1) is 8.40. The van der Waals surface area contributed by atoms with E-state index < -0.39 is 0 Å². The molecule has 2 heterocycles. The summed E-state index contributed by atoms with van der Waals surface area (Å²) in [6.07, 6.45) is 1.96. The molecule has 0 aromatic carbocycles. The fourth-order valence-electron chi connectivity index (χ4n) is 1.83. The number of hydrogen-bond donors (Lipinski definition) is 1.